The summed E-state index contributed by atoms with van der Waals surface area (Å²) in [4.78, 5) is 11.8. The number of hydrogen-bond acceptors (Lipinski definition) is 4. The summed E-state index contributed by atoms with van der Waals surface area (Å²) in [5, 5.41) is 6.03. The Labute approximate surface area is 144 Å². The van der Waals surface area contributed by atoms with Crippen molar-refractivity contribution in [2.24, 2.45) is 0 Å². The average molecular weight is 369 g/mol. The van der Waals surface area contributed by atoms with E-state index in [1.807, 2.05) is 0 Å². The first-order valence-corrected chi connectivity index (χ1v) is 7.35. The van der Waals surface area contributed by atoms with E-state index in [4.69, 9.17) is 9.47 Å². The Kier molecular flexibility index (Phi) is 8.14. The van der Waals surface area contributed by atoms with Gasteiger partial charge in [0.15, 0.2) is 24.7 Å². The molecule has 1 saturated heterocycles. The van der Waals surface area contributed by atoms with Gasteiger partial charge in [-0.05, 0) is 38.1 Å². The van der Waals surface area contributed by atoms with Crippen LogP contribution in [-0.2, 0) is 4.79 Å². The molecule has 1 amide bonds. The molecule has 9 heteroatoms. The van der Waals surface area contributed by atoms with Gasteiger partial charge in [-0.1, -0.05) is 12.1 Å². The quantitative estimate of drug-likeness (QED) is 0.809. The fourth-order valence-electron chi connectivity index (χ4n) is 2.23. The molecule has 0 radical (unpaired) electrons. The fourth-order valence-corrected chi connectivity index (χ4v) is 2.23. The fraction of sp³-hybridized carbons (Fsp3) is 0.533. The SMILES string of the molecule is Cl.O=C(COc1ccccc1OCC(F)(F)F)NC1CCNCC1. The Morgan fingerprint density at radius 1 is 1.17 bits per heavy atom. The van der Waals surface area contributed by atoms with E-state index in [1.165, 1.54) is 18.2 Å². The van der Waals surface area contributed by atoms with Crippen molar-refractivity contribution in [3.63, 3.8) is 0 Å². The molecule has 24 heavy (non-hydrogen) atoms. The summed E-state index contributed by atoms with van der Waals surface area (Å²) in [6, 6.07) is 6.06. The van der Waals surface area contributed by atoms with Gasteiger partial charge in [-0.25, -0.2) is 0 Å². The van der Waals surface area contributed by atoms with Crippen molar-refractivity contribution < 1.29 is 27.4 Å². The highest BCUT2D eigenvalue weighted by Crippen LogP contribution is 2.28. The minimum absolute atomic E-state index is 0. The molecule has 136 valence electrons. The number of amides is 1. The topological polar surface area (TPSA) is 59.6 Å². The van der Waals surface area contributed by atoms with Crippen LogP contribution < -0.4 is 20.1 Å². The third-order valence-electron chi connectivity index (χ3n) is 3.30. The molecule has 2 rings (SSSR count). The van der Waals surface area contributed by atoms with Crippen LogP contribution in [0, 0.1) is 0 Å². The van der Waals surface area contributed by atoms with Gasteiger partial charge in [0.25, 0.3) is 5.91 Å². The van der Waals surface area contributed by atoms with Gasteiger partial charge >= 0.3 is 6.18 Å². The zero-order chi connectivity index (χ0) is 16.7. The third kappa shape index (κ3) is 7.27. The summed E-state index contributed by atoms with van der Waals surface area (Å²) in [5.41, 5.74) is 0. The standard InChI is InChI=1S/C15H19F3N2O3.ClH/c16-15(17,18)10-23-13-4-2-1-3-12(13)22-9-14(21)20-11-5-7-19-8-6-11;/h1-4,11,19H,5-10H2,(H,20,21);1H. The molecule has 1 fully saturated rings. The van der Waals surface area contributed by atoms with E-state index in [0.717, 1.165) is 25.9 Å². The molecule has 2 N–H and O–H groups in total. The van der Waals surface area contributed by atoms with E-state index in [1.54, 1.807) is 6.07 Å². The minimum atomic E-state index is -4.43. The number of ether oxygens (including phenoxy) is 2. The predicted molar refractivity (Wildman–Crippen MR) is 84.8 cm³/mol. The molecule has 1 aliphatic rings. The first kappa shape index (κ1) is 20.4. The highest BCUT2D eigenvalue weighted by atomic mass is 35.5. The van der Waals surface area contributed by atoms with E-state index < -0.39 is 12.8 Å². The van der Waals surface area contributed by atoms with Gasteiger partial charge in [0.05, 0.1) is 0 Å². The molecule has 0 unspecified atom stereocenters. The zero-order valence-corrected chi connectivity index (χ0v) is 13.7. The molecule has 1 heterocycles. The van der Waals surface area contributed by atoms with Gasteiger partial charge in [0.1, 0.15) is 0 Å². The first-order valence-electron chi connectivity index (χ1n) is 7.35. The summed E-state index contributed by atoms with van der Waals surface area (Å²) in [6.45, 7) is 0.0187. The van der Waals surface area contributed by atoms with Crippen molar-refractivity contribution in [3.8, 4) is 11.5 Å². The van der Waals surface area contributed by atoms with E-state index in [2.05, 4.69) is 10.6 Å². The number of alkyl halides is 3. The van der Waals surface area contributed by atoms with Crippen molar-refractivity contribution >= 4 is 18.3 Å². The Balaban J connectivity index is 0.00000288. The van der Waals surface area contributed by atoms with Crippen LogP contribution in [-0.4, -0.2) is 44.4 Å². The van der Waals surface area contributed by atoms with Crippen LogP contribution in [0.5, 0.6) is 11.5 Å². The summed E-state index contributed by atoms with van der Waals surface area (Å²) in [6.07, 6.45) is -2.74. The number of nitrogens with one attached hydrogen (secondary N) is 2. The summed E-state index contributed by atoms with van der Waals surface area (Å²) in [5.74, 6) is -0.237. The van der Waals surface area contributed by atoms with E-state index in [-0.39, 0.29) is 42.5 Å². The van der Waals surface area contributed by atoms with Crippen molar-refractivity contribution in [3.05, 3.63) is 24.3 Å². The number of benzene rings is 1. The molecule has 0 saturated carbocycles. The van der Waals surface area contributed by atoms with Crippen molar-refractivity contribution in [1.29, 1.82) is 0 Å². The lowest BCUT2D eigenvalue weighted by Gasteiger charge is -2.23. The second-order valence-electron chi connectivity index (χ2n) is 5.23. The average Bonchev–Trinajstić information content (AvgIpc) is 2.52. The number of halogens is 4. The summed E-state index contributed by atoms with van der Waals surface area (Å²) >= 11 is 0. The lowest BCUT2D eigenvalue weighted by Crippen LogP contribution is -2.44. The number of carbonyl (C=O) groups excluding carboxylic acids is 1. The lowest BCUT2D eigenvalue weighted by molar-refractivity contribution is -0.153. The minimum Gasteiger partial charge on any atom is -0.480 e. The molecule has 0 bridgehead atoms. The Morgan fingerprint density at radius 2 is 1.75 bits per heavy atom. The largest absolute Gasteiger partial charge is 0.480 e. The van der Waals surface area contributed by atoms with Crippen molar-refractivity contribution in [2.45, 2.75) is 25.1 Å². The monoisotopic (exact) mass is 368 g/mol. The highest BCUT2D eigenvalue weighted by Gasteiger charge is 2.29. The molecule has 0 aromatic heterocycles. The van der Waals surface area contributed by atoms with Crippen LogP contribution in [0.2, 0.25) is 0 Å². The van der Waals surface area contributed by atoms with Crippen LogP contribution in [0.3, 0.4) is 0 Å². The zero-order valence-electron chi connectivity index (χ0n) is 12.9. The second kappa shape index (κ2) is 9.58. The van der Waals surface area contributed by atoms with E-state index in [9.17, 15) is 18.0 Å². The smallest absolute Gasteiger partial charge is 0.422 e. The lowest BCUT2D eigenvalue weighted by atomic mass is 10.1. The van der Waals surface area contributed by atoms with Gasteiger partial charge in [0, 0.05) is 6.04 Å². The molecule has 0 atom stereocenters. The van der Waals surface area contributed by atoms with E-state index >= 15 is 0 Å². The molecular formula is C15H20ClF3N2O3. The normalized spacial score (nSPS) is 15.3. The highest BCUT2D eigenvalue weighted by molar-refractivity contribution is 5.85. The number of carbonyl (C=O) groups is 1. The maximum Gasteiger partial charge on any atom is 0.422 e. The molecule has 5 nitrogen and oxygen atoms in total. The molecule has 1 aromatic carbocycles. The Hall–Kier alpha value is -1.67. The Bertz CT molecular complexity index is 523. The number of hydrogen-bond donors (Lipinski definition) is 2. The maximum atomic E-state index is 12.2. The number of rotatable bonds is 6. The van der Waals surface area contributed by atoms with Gasteiger partial charge in [-0.2, -0.15) is 13.2 Å². The second-order valence-corrected chi connectivity index (χ2v) is 5.23. The summed E-state index contributed by atoms with van der Waals surface area (Å²) < 4.78 is 46.6. The molecule has 1 aromatic rings. The van der Waals surface area contributed by atoms with Gasteiger partial charge in [-0.3, -0.25) is 4.79 Å². The third-order valence-corrected chi connectivity index (χ3v) is 3.30. The van der Waals surface area contributed by atoms with Gasteiger partial charge < -0.3 is 20.1 Å². The maximum absolute atomic E-state index is 12.2. The van der Waals surface area contributed by atoms with Crippen LogP contribution in [0.1, 0.15) is 12.8 Å². The Morgan fingerprint density at radius 3 is 2.33 bits per heavy atom. The van der Waals surface area contributed by atoms with Crippen LogP contribution in [0.25, 0.3) is 0 Å². The van der Waals surface area contributed by atoms with Crippen LogP contribution in [0.15, 0.2) is 24.3 Å². The van der Waals surface area contributed by atoms with Crippen LogP contribution in [0.4, 0.5) is 13.2 Å². The molecular weight excluding hydrogens is 349 g/mol. The molecule has 1 aliphatic heterocycles. The number of piperidine rings is 1. The predicted octanol–water partition coefficient (Wildman–Crippen LogP) is 2.30. The van der Waals surface area contributed by atoms with Gasteiger partial charge in [0.2, 0.25) is 0 Å². The molecule has 0 aliphatic carbocycles. The van der Waals surface area contributed by atoms with E-state index in [0.29, 0.717) is 0 Å². The van der Waals surface area contributed by atoms with Crippen molar-refractivity contribution in [2.75, 3.05) is 26.3 Å². The number of para-hydroxylation sites is 2. The van der Waals surface area contributed by atoms with Crippen molar-refractivity contribution in [1.82, 2.24) is 10.6 Å². The van der Waals surface area contributed by atoms with Crippen LogP contribution >= 0.6 is 12.4 Å². The van der Waals surface area contributed by atoms with Gasteiger partial charge in [-0.15, -0.1) is 12.4 Å². The first-order chi connectivity index (χ1) is 10.9. The molecule has 0 spiro atoms. The summed E-state index contributed by atoms with van der Waals surface area (Å²) in [7, 11) is 0.